The number of carbonyl (C=O) groups is 1. The van der Waals surface area contributed by atoms with Crippen LogP contribution in [0.1, 0.15) is 31.2 Å². The van der Waals surface area contributed by atoms with E-state index < -0.39 is 0 Å². The van der Waals surface area contributed by atoms with Gasteiger partial charge in [-0.15, -0.1) is 0 Å². The molecule has 1 aliphatic carbocycles. The molecule has 1 aromatic heterocycles. The van der Waals surface area contributed by atoms with Gasteiger partial charge in [-0.1, -0.05) is 6.07 Å². The van der Waals surface area contributed by atoms with Gasteiger partial charge in [-0.05, 0) is 49.8 Å². The van der Waals surface area contributed by atoms with Crippen LogP contribution < -0.4 is 0 Å². The SMILES string of the molecule is O=C1[C@H]2CC[C@H](CN(Cc3cnn(-c4cccc(F)c4)c3)C2)N1CC1CC1. The van der Waals surface area contributed by atoms with Crippen LogP contribution in [0.25, 0.3) is 5.69 Å². The van der Waals surface area contributed by atoms with Gasteiger partial charge in [0.05, 0.1) is 17.8 Å². The molecule has 2 bridgehead atoms. The molecule has 5 nitrogen and oxygen atoms in total. The Morgan fingerprint density at radius 3 is 2.85 bits per heavy atom. The molecule has 2 aromatic rings. The number of aromatic nitrogens is 2. The summed E-state index contributed by atoms with van der Waals surface area (Å²) in [4.78, 5) is 17.4. The smallest absolute Gasteiger partial charge is 0.227 e. The first-order valence-electron chi connectivity index (χ1n) is 9.98. The van der Waals surface area contributed by atoms with Crippen LogP contribution in [-0.4, -0.2) is 51.2 Å². The fourth-order valence-corrected chi connectivity index (χ4v) is 4.54. The summed E-state index contributed by atoms with van der Waals surface area (Å²) < 4.78 is 15.2. The third-order valence-corrected chi connectivity index (χ3v) is 6.14. The lowest BCUT2D eigenvalue weighted by molar-refractivity contribution is -0.140. The minimum absolute atomic E-state index is 0.140. The normalized spacial score (nSPS) is 25.8. The second-order valence-corrected chi connectivity index (χ2v) is 8.33. The Morgan fingerprint density at radius 1 is 1.15 bits per heavy atom. The summed E-state index contributed by atoms with van der Waals surface area (Å²) in [5, 5.41) is 4.39. The van der Waals surface area contributed by atoms with E-state index in [2.05, 4.69) is 14.9 Å². The number of piperidine rings is 1. The second kappa shape index (κ2) is 6.75. The van der Waals surface area contributed by atoms with Gasteiger partial charge >= 0.3 is 0 Å². The van der Waals surface area contributed by atoms with Crippen molar-refractivity contribution in [1.82, 2.24) is 19.6 Å². The molecule has 0 unspecified atom stereocenters. The highest BCUT2D eigenvalue weighted by Crippen LogP contribution is 2.35. The molecule has 142 valence electrons. The third-order valence-electron chi connectivity index (χ3n) is 6.14. The minimum atomic E-state index is -0.261. The van der Waals surface area contributed by atoms with E-state index in [4.69, 9.17) is 0 Å². The predicted octanol–water partition coefficient (Wildman–Crippen LogP) is 2.84. The first-order chi connectivity index (χ1) is 13.2. The van der Waals surface area contributed by atoms with Gasteiger partial charge in [0.25, 0.3) is 0 Å². The second-order valence-electron chi connectivity index (χ2n) is 8.33. The topological polar surface area (TPSA) is 41.4 Å². The average molecular weight is 368 g/mol. The maximum atomic E-state index is 13.5. The molecule has 0 spiro atoms. The first-order valence-corrected chi connectivity index (χ1v) is 9.98. The number of benzene rings is 1. The molecule has 0 N–H and O–H groups in total. The molecule has 2 atom stereocenters. The predicted molar refractivity (Wildman–Crippen MR) is 99.7 cm³/mol. The van der Waals surface area contributed by atoms with Gasteiger partial charge in [0.15, 0.2) is 0 Å². The van der Waals surface area contributed by atoms with Gasteiger partial charge in [0.1, 0.15) is 5.82 Å². The highest BCUT2D eigenvalue weighted by Gasteiger charge is 2.42. The summed E-state index contributed by atoms with van der Waals surface area (Å²) >= 11 is 0. The van der Waals surface area contributed by atoms with Crippen molar-refractivity contribution in [3.8, 4) is 5.69 Å². The molecule has 6 rings (SSSR count). The van der Waals surface area contributed by atoms with E-state index in [-0.39, 0.29) is 11.7 Å². The van der Waals surface area contributed by atoms with Crippen LogP contribution in [0.15, 0.2) is 36.7 Å². The van der Waals surface area contributed by atoms with Gasteiger partial charge < -0.3 is 4.90 Å². The quantitative estimate of drug-likeness (QED) is 0.815. The number of carbonyl (C=O) groups excluding carboxylic acids is 1. The number of nitrogens with zero attached hydrogens (tertiary/aromatic N) is 4. The standard InChI is InChI=1S/C21H25FN4O/c22-18-2-1-3-19(8-18)26-12-16(9-23-26)10-24-13-17-6-7-20(14-24)25(21(17)27)11-15-4-5-15/h1-3,8-9,12,15,17,20H,4-7,10-11,13-14H2/t17-,20+/m0/s1. The maximum absolute atomic E-state index is 13.5. The Hall–Kier alpha value is -2.21. The van der Waals surface area contributed by atoms with Crippen molar-refractivity contribution in [2.75, 3.05) is 19.6 Å². The van der Waals surface area contributed by atoms with Crippen molar-refractivity contribution < 1.29 is 9.18 Å². The molecule has 1 aromatic carbocycles. The van der Waals surface area contributed by atoms with Crippen molar-refractivity contribution in [2.24, 2.45) is 11.8 Å². The summed E-state index contributed by atoms with van der Waals surface area (Å²) in [6, 6.07) is 6.82. The van der Waals surface area contributed by atoms with Gasteiger partial charge in [0, 0.05) is 44.0 Å². The molecular weight excluding hydrogens is 343 g/mol. The maximum Gasteiger partial charge on any atom is 0.227 e. The molecule has 1 saturated carbocycles. The van der Waals surface area contributed by atoms with E-state index in [0.29, 0.717) is 11.9 Å². The van der Waals surface area contributed by atoms with Crippen LogP contribution in [0.3, 0.4) is 0 Å². The summed E-state index contributed by atoms with van der Waals surface area (Å²) in [5.41, 5.74) is 1.82. The van der Waals surface area contributed by atoms with Crippen LogP contribution in [0.2, 0.25) is 0 Å². The zero-order chi connectivity index (χ0) is 18.4. The van der Waals surface area contributed by atoms with Crippen molar-refractivity contribution in [3.63, 3.8) is 0 Å². The van der Waals surface area contributed by atoms with Crippen molar-refractivity contribution in [1.29, 1.82) is 0 Å². The van der Waals surface area contributed by atoms with Gasteiger partial charge in [-0.2, -0.15) is 5.10 Å². The number of hydrogen-bond acceptors (Lipinski definition) is 3. The van der Waals surface area contributed by atoms with Crippen LogP contribution in [0.4, 0.5) is 4.39 Å². The van der Waals surface area contributed by atoms with Crippen LogP contribution >= 0.6 is 0 Å². The van der Waals surface area contributed by atoms with E-state index in [1.807, 2.05) is 18.5 Å². The zero-order valence-corrected chi connectivity index (χ0v) is 15.4. The average Bonchev–Trinajstić information content (AvgIpc) is 3.41. The monoisotopic (exact) mass is 368 g/mol. The number of amides is 1. The van der Waals surface area contributed by atoms with E-state index in [0.717, 1.165) is 56.2 Å². The molecule has 0 radical (unpaired) electrons. The minimum Gasteiger partial charge on any atom is -0.338 e. The van der Waals surface area contributed by atoms with Gasteiger partial charge in [-0.3, -0.25) is 9.69 Å². The fourth-order valence-electron chi connectivity index (χ4n) is 4.54. The lowest BCUT2D eigenvalue weighted by atomic mass is 9.94. The molecule has 1 amide bonds. The van der Waals surface area contributed by atoms with Crippen LogP contribution in [-0.2, 0) is 11.3 Å². The van der Waals surface area contributed by atoms with Crippen molar-refractivity contribution in [3.05, 3.63) is 48.0 Å². The van der Waals surface area contributed by atoms with Crippen LogP contribution in [0, 0.1) is 17.7 Å². The van der Waals surface area contributed by atoms with Crippen molar-refractivity contribution >= 4 is 5.91 Å². The number of fused-ring (bicyclic) bond motifs is 4. The third kappa shape index (κ3) is 3.50. The molecule has 6 heteroatoms. The highest BCUT2D eigenvalue weighted by atomic mass is 19.1. The largest absolute Gasteiger partial charge is 0.338 e. The van der Waals surface area contributed by atoms with E-state index in [9.17, 15) is 9.18 Å². The molecule has 4 heterocycles. The van der Waals surface area contributed by atoms with Gasteiger partial charge in [-0.25, -0.2) is 9.07 Å². The number of rotatable bonds is 5. The summed E-state index contributed by atoms with van der Waals surface area (Å²) in [6.45, 7) is 3.53. The van der Waals surface area contributed by atoms with Gasteiger partial charge in [0.2, 0.25) is 5.91 Å². The summed E-state index contributed by atoms with van der Waals surface area (Å²) in [7, 11) is 0. The number of hydrogen-bond donors (Lipinski definition) is 0. The molecule has 3 saturated heterocycles. The Bertz CT molecular complexity index is 846. The molecule has 4 fully saturated rings. The molecule has 4 aliphatic rings. The Morgan fingerprint density at radius 2 is 2.04 bits per heavy atom. The van der Waals surface area contributed by atoms with Crippen LogP contribution in [0.5, 0.6) is 0 Å². The van der Waals surface area contributed by atoms with E-state index >= 15 is 0 Å². The molecule has 3 aliphatic heterocycles. The Labute approximate surface area is 158 Å². The fraction of sp³-hybridized carbons (Fsp3) is 0.524. The zero-order valence-electron chi connectivity index (χ0n) is 15.4. The number of halogens is 1. The highest BCUT2D eigenvalue weighted by molar-refractivity contribution is 5.80. The molecular formula is C21H25FN4O. The lowest BCUT2D eigenvalue weighted by Crippen LogP contribution is -2.48. The van der Waals surface area contributed by atoms with E-state index in [1.165, 1.54) is 25.0 Å². The molecule has 27 heavy (non-hydrogen) atoms. The first kappa shape index (κ1) is 16.9. The Balaban J connectivity index is 1.29. The summed E-state index contributed by atoms with van der Waals surface area (Å²) in [6.07, 6.45) is 8.52. The summed E-state index contributed by atoms with van der Waals surface area (Å²) in [5.74, 6) is 0.992. The lowest BCUT2D eigenvalue weighted by Gasteiger charge is -2.36. The van der Waals surface area contributed by atoms with Crippen molar-refractivity contribution in [2.45, 2.75) is 38.3 Å². The van der Waals surface area contributed by atoms with E-state index in [1.54, 1.807) is 10.7 Å². The Kier molecular flexibility index (Phi) is 4.23.